The first-order chi connectivity index (χ1) is 8.31. The normalized spacial score (nSPS) is 16.7. The lowest BCUT2D eigenvalue weighted by Crippen LogP contribution is -2.29. The zero-order chi connectivity index (χ0) is 12.1. The van der Waals surface area contributed by atoms with E-state index in [2.05, 4.69) is 17.0 Å². The molecule has 1 heterocycles. The van der Waals surface area contributed by atoms with Crippen LogP contribution in [0.2, 0.25) is 5.02 Å². The average molecular weight is 251 g/mol. The molecular formula is C14H19ClN2. The predicted octanol–water partition coefficient (Wildman–Crippen LogP) is 3.30. The highest BCUT2D eigenvalue weighted by molar-refractivity contribution is 6.33. The van der Waals surface area contributed by atoms with E-state index < -0.39 is 0 Å². The minimum absolute atomic E-state index is 0.561. The molecule has 1 aromatic rings. The van der Waals surface area contributed by atoms with Gasteiger partial charge in [-0.3, -0.25) is 0 Å². The van der Waals surface area contributed by atoms with Crippen molar-refractivity contribution in [2.75, 3.05) is 24.5 Å². The molecule has 1 fully saturated rings. The van der Waals surface area contributed by atoms with E-state index >= 15 is 0 Å². The van der Waals surface area contributed by atoms with Crippen LogP contribution >= 0.6 is 11.6 Å². The SMILES string of the molecule is NC/C=C/c1ccc(N2CCCCC2)c(Cl)c1. The highest BCUT2D eigenvalue weighted by Crippen LogP contribution is 2.29. The number of hydrogen-bond donors (Lipinski definition) is 1. The van der Waals surface area contributed by atoms with Gasteiger partial charge in [0.25, 0.3) is 0 Å². The monoisotopic (exact) mass is 250 g/mol. The van der Waals surface area contributed by atoms with Gasteiger partial charge in [0.2, 0.25) is 0 Å². The van der Waals surface area contributed by atoms with Crippen LogP contribution in [0.15, 0.2) is 24.3 Å². The van der Waals surface area contributed by atoms with Crippen molar-refractivity contribution in [1.29, 1.82) is 0 Å². The molecule has 1 aliphatic heterocycles. The number of nitrogens with two attached hydrogens (primary N) is 1. The Balaban J connectivity index is 2.15. The van der Waals surface area contributed by atoms with Gasteiger partial charge in [-0.2, -0.15) is 0 Å². The number of hydrogen-bond acceptors (Lipinski definition) is 2. The average Bonchev–Trinajstić information content (AvgIpc) is 2.37. The Labute approximate surface area is 108 Å². The van der Waals surface area contributed by atoms with Gasteiger partial charge in [0, 0.05) is 19.6 Å². The van der Waals surface area contributed by atoms with Gasteiger partial charge in [0.15, 0.2) is 0 Å². The van der Waals surface area contributed by atoms with Crippen LogP contribution in [-0.4, -0.2) is 19.6 Å². The van der Waals surface area contributed by atoms with Gasteiger partial charge in [-0.1, -0.05) is 29.8 Å². The maximum absolute atomic E-state index is 6.33. The van der Waals surface area contributed by atoms with Gasteiger partial charge in [0.1, 0.15) is 0 Å². The molecule has 0 radical (unpaired) electrons. The molecule has 2 nitrogen and oxygen atoms in total. The number of piperidine rings is 1. The Morgan fingerprint density at radius 3 is 2.65 bits per heavy atom. The van der Waals surface area contributed by atoms with Crippen LogP contribution in [0.5, 0.6) is 0 Å². The van der Waals surface area contributed by atoms with Crippen molar-refractivity contribution in [2.24, 2.45) is 5.73 Å². The molecule has 1 aromatic carbocycles. The summed E-state index contributed by atoms with van der Waals surface area (Å²) in [5.41, 5.74) is 7.71. The number of rotatable bonds is 3. The smallest absolute Gasteiger partial charge is 0.0645 e. The van der Waals surface area contributed by atoms with E-state index in [1.807, 2.05) is 18.2 Å². The fourth-order valence-electron chi connectivity index (χ4n) is 2.22. The van der Waals surface area contributed by atoms with Crippen molar-refractivity contribution >= 4 is 23.4 Å². The first-order valence-corrected chi connectivity index (χ1v) is 6.60. The quantitative estimate of drug-likeness (QED) is 0.892. The summed E-state index contributed by atoms with van der Waals surface area (Å²) in [6, 6.07) is 6.23. The van der Waals surface area contributed by atoms with Crippen LogP contribution in [0.3, 0.4) is 0 Å². The van der Waals surface area contributed by atoms with Crippen LogP contribution < -0.4 is 10.6 Å². The molecule has 17 heavy (non-hydrogen) atoms. The van der Waals surface area contributed by atoms with Crippen LogP contribution in [0, 0.1) is 0 Å². The third-order valence-electron chi connectivity index (χ3n) is 3.11. The van der Waals surface area contributed by atoms with Crippen LogP contribution in [0.25, 0.3) is 6.08 Å². The van der Waals surface area contributed by atoms with E-state index in [0.717, 1.165) is 29.4 Å². The second-order valence-corrected chi connectivity index (χ2v) is 4.80. The fourth-order valence-corrected chi connectivity index (χ4v) is 2.53. The molecule has 92 valence electrons. The number of nitrogens with zero attached hydrogens (tertiary/aromatic N) is 1. The summed E-state index contributed by atoms with van der Waals surface area (Å²) in [6.07, 6.45) is 7.82. The lowest BCUT2D eigenvalue weighted by atomic mass is 10.1. The molecule has 0 spiro atoms. The van der Waals surface area contributed by atoms with Crippen molar-refractivity contribution in [3.63, 3.8) is 0 Å². The summed E-state index contributed by atoms with van der Waals surface area (Å²) in [7, 11) is 0. The first kappa shape index (κ1) is 12.5. The van der Waals surface area contributed by atoms with E-state index in [1.54, 1.807) is 0 Å². The molecule has 0 amide bonds. The molecule has 0 unspecified atom stereocenters. The Hall–Kier alpha value is -0.990. The minimum Gasteiger partial charge on any atom is -0.370 e. The molecule has 0 aromatic heterocycles. The molecule has 1 saturated heterocycles. The Bertz CT molecular complexity index is 395. The minimum atomic E-state index is 0.561. The van der Waals surface area contributed by atoms with E-state index in [0.29, 0.717) is 6.54 Å². The Morgan fingerprint density at radius 1 is 1.24 bits per heavy atom. The second kappa shape index (κ2) is 6.08. The highest BCUT2D eigenvalue weighted by Gasteiger charge is 2.13. The summed E-state index contributed by atoms with van der Waals surface area (Å²) in [5, 5.41) is 0.839. The van der Waals surface area contributed by atoms with E-state index in [9.17, 15) is 0 Å². The third-order valence-corrected chi connectivity index (χ3v) is 3.42. The van der Waals surface area contributed by atoms with Crippen LogP contribution in [0.4, 0.5) is 5.69 Å². The standard InChI is InChI=1S/C14H19ClN2/c15-13-11-12(5-4-8-16)6-7-14(13)17-9-2-1-3-10-17/h4-7,11H,1-3,8-10,16H2/b5-4+. The van der Waals surface area contributed by atoms with E-state index in [-0.39, 0.29) is 0 Å². The summed E-state index contributed by atoms with van der Waals surface area (Å²) >= 11 is 6.33. The topological polar surface area (TPSA) is 29.3 Å². The summed E-state index contributed by atoms with van der Waals surface area (Å²) in [6.45, 7) is 2.81. The summed E-state index contributed by atoms with van der Waals surface area (Å²) in [5.74, 6) is 0. The van der Waals surface area contributed by atoms with Gasteiger partial charge in [0.05, 0.1) is 10.7 Å². The van der Waals surface area contributed by atoms with E-state index in [1.165, 1.54) is 19.3 Å². The zero-order valence-electron chi connectivity index (χ0n) is 10.0. The molecule has 2 N–H and O–H groups in total. The largest absolute Gasteiger partial charge is 0.370 e. The molecule has 2 rings (SSSR count). The Morgan fingerprint density at radius 2 is 2.00 bits per heavy atom. The van der Waals surface area contributed by atoms with Crippen molar-refractivity contribution in [1.82, 2.24) is 0 Å². The zero-order valence-corrected chi connectivity index (χ0v) is 10.8. The molecule has 3 heteroatoms. The highest BCUT2D eigenvalue weighted by atomic mass is 35.5. The van der Waals surface area contributed by atoms with Crippen molar-refractivity contribution < 1.29 is 0 Å². The number of halogens is 1. The number of benzene rings is 1. The maximum atomic E-state index is 6.33. The molecule has 0 atom stereocenters. The van der Waals surface area contributed by atoms with Gasteiger partial charge >= 0.3 is 0 Å². The third kappa shape index (κ3) is 3.24. The first-order valence-electron chi connectivity index (χ1n) is 6.22. The molecular weight excluding hydrogens is 232 g/mol. The predicted molar refractivity (Wildman–Crippen MR) is 75.6 cm³/mol. The maximum Gasteiger partial charge on any atom is 0.0645 e. The summed E-state index contributed by atoms with van der Waals surface area (Å²) in [4.78, 5) is 2.38. The van der Waals surface area contributed by atoms with E-state index in [4.69, 9.17) is 17.3 Å². The van der Waals surface area contributed by atoms with Gasteiger partial charge in [-0.15, -0.1) is 0 Å². The molecule has 0 aliphatic carbocycles. The molecule has 1 aliphatic rings. The van der Waals surface area contributed by atoms with Crippen molar-refractivity contribution in [2.45, 2.75) is 19.3 Å². The number of anilines is 1. The van der Waals surface area contributed by atoms with Gasteiger partial charge in [-0.05, 0) is 37.0 Å². The van der Waals surface area contributed by atoms with Gasteiger partial charge < -0.3 is 10.6 Å². The Kier molecular flexibility index (Phi) is 4.46. The molecule has 0 saturated carbocycles. The van der Waals surface area contributed by atoms with Crippen LogP contribution in [0.1, 0.15) is 24.8 Å². The van der Waals surface area contributed by atoms with Crippen LogP contribution in [-0.2, 0) is 0 Å². The lowest BCUT2D eigenvalue weighted by Gasteiger charge is -2.29. The van der Waals surface area contributed by atoms with Gasteiger partial charge in [-0.25, -0.2) is 0 Å². The molecule has 0 bridgehead atoms. The second-order valence-electron chi connectivity index (χ2n) is 4.40. The van der Waals surface area contributed by atoms with Crippen molar-refractivity contribution in [3.05, 3.63) is 34.9 Å². The lowest BCUT2D eigenvalue weighted by molar-refractivity contribution is 0.578. The fraction of sp³-hybridized carbons (Fsp3) is 0.429. The van der Waals surface area contributed by atoms with Crippen molar-refractivity contribution in [3.8, 4) is 0 Å². The summed E-state index contributed by atoms with van der Waals surface area (Å²) < 4.78 is 0.